The van der Waals surface area contributed by atoms with Crippen molar-refractivity contribution in [3.63, 3.8) is 0 Å². The lowest BCUT2D eigenvalue weighted by Crippen LogP contribution is -2.25. The van der Waals surface area contributed by atoms with Gasteiger partial charge in [-0.1, -0.05) is 30.3 Å². The van der Waals surface area contributed by atoms with Crippen molar-refractivity contribution in [2.24, 2.45) is 0 Å². The summed E-state index contributed by atoms with van der Waals surface area (Å²) in [6.45, 7) is 1.53. The van der Waals surface area contributed by atoms with Crippen LogP contribution in [0.1, 0.15) is 12.5 Å². The van der Waals surface area contributed by atoms with E-state index in [4.69, 9.17) is 4.74 Å². The Hall–Kier alpha value is -1.97. The number of carbonyl (C=O) groups excluding carboxylic acids is 1. The van der Waals surface area contributed by atoms with Crippen molar-refractivity contribution in [3.05, 3.63) is 47.4 Å². The Morgan fingerprint density at radius 1 is 1.20 bits per heavy atom. The van der Waals surface area contributed by atoms with Gasteiger partial charge in [-0.05, 0) is 6.92 Å². The van der Waals surface area contributed by atoms with E-state index in [1.807, 2.05) is 6.07 Å². The maximum atomic E-state index is 11.1. The van der Waals surface area contributed by atoms with E-state index in [2.05, 4.69) is 0 Å². The van der Waals surface area contributed by atoms with Gasteiger partial charge in [0.15, 0.2) is 11.4 Å². The lowest BCUT2D eigenvalue weighted by molar-refractivity contribution is -0.149. The van der Waals surface area contributed by atoms with Crippen LogP contribution in [0.4, 0.5) is 0 Å². The van der Waals surface area contributed by atoms with Crippen molar-refractivity contribution in [1.29, 1.82) is 0 Å². The fraction of sp³-hybridized carbons (Fsp3) is 0.182. The first-order chi connectivity index (χ1) is 7.05. The monoisotopic (exact) mass is 206 g/mol. The van der Waals surface area contributed by atoms with Crippen LogP contribution in [0.2, 0.25) is 0 Å². The predicted molar refractivity (Wildman–Crippen MR) is 52.2 cm³/mol. The van der Waals surface area contributed by atoms with E-state index in [0.29, 0.717) is 5.56 Å². The number of benzene rings is 1. The number of hydrogen-bond donors (Lipinski definition) is 2. The molecule has 4 heteroatoms. The summed E-state index contributed by atoms with van der Waals surface area (Å²) < 4.78 is 4.95. The van der Waals surface area contributed by atoms with Gasteiger partial charge in [0, 0.05) is 5.56 Å². The second-order valence-corrected chi connectivity index (χ2v) is 3.49. The van der Waals surface area contributed by atoms with Crippen molar-refractivity contribution >= 4 is 5.97 Å². The Kier molecular flexibility index (Phi) is 1.93. The van der Waals surface area contributed by atoms with Crippen molar-refractivity contribution < 1.29 is 19.7 Å². The highest BCUT2D eigenvalue weighted by Crippen LogP contribution is 2.38. The van der Waals surface area contributed by atoms with Gasteiger partial charge in [-0.15, -0.1) is 0 Å². The maximum absolute atomic E-state index is 11.1. The summed E-state index contributed by atoms with van der Waals surface area (Å²) in [4.78, 5) is 11.1. The smallest absolute Gasteiger partial charge is 0.378 e. The van der Waals surface area contributed by atoms with Crippen LogP contribution in [-0.4, -0.2) is 16.2 Å². The average Bonchev–Trinajstić information content (AvgIpc) is 2.45. The number of hydrogen-bond acceptors (Lipinski definition) is 4. The third-order valence-corrected chi connectivity index (χ3v) is 2.49. The van der Waals surface area contributed by atoms with Crippen LogP contribution >= 0.6 is 0 Å². The topological polar surface area (TPSA) is 66.8 Å². The molecule has 1 aliphatic rings. The van der Waals surface area contributed by atoms with Crippen LogP contribution in [0.15, 0.2) is 41.9 Å². The largest absolute Gasteiger partial charge is 0.505 e. The van der Waals surface area contributed by atoms with Crippen LogP contribution in [0, 0.1) is 0 Å². The number of ether oxygens (including phenoxy) is 1. The number of cyclic esters (lactones) is 1. The van der Waals surface area contributed by atoms with E-state index in [0.717, 1.165) is 0 Å². The van der Waals surface area contributed by atoms with Crippen LogP contribution in [0.25, 0.3) is 0 Å². The van der Waals surface area contributed by atoms with Crippen molar-refractivity contribution in [1.82, 2.24) is 0 Å². The van der Waals surface area contributed by atoms with Gasteiger partial charge >= 0.3 is 5.97 Å². The second-order valence-electron chi connectivity index (χ2n) is 3.49. The molecule has 1 aliphatic heterocycles. The zero-order valence-electron chi connectivity index (χ0n) is 8.10. The molecule has 0 fully saturated rings. The summed E-state index contributed by atoms with van der Waals surface area (Å²) in [7, 11) is 0. The molecule has 0 amide bonds. The Balaban J connectivity index is 2.51. The first-order valence-electron chi connectivity index (χ1n) is 4.47. The number of aliphatic hydroxyl groups excluding tert-OH is 2. The number of esters is 1. The Morgan fingerprint density at radius 3 is 2.27 bits per heavy atom. The molecule has 0 radical (unpaired) electrons. The van der Waals surface area contributed by atoms with Gasteiger partial charge in [0.05, 0.1) is 0 Å². The molecule has 0 saturated heterocycles. The summed E-state index contributed by atoms with van der Waals surface area (Å²) in [6.07, 6.45) is 0. The summed E-state index contributed by atoms with van der Waals surface area (Å²) >= 11 is 0. The molecule has 1 atom stereocenters. The van der Waals surface area contributed by atoms with Crippen molar-refractivity contribution in [2.45, 2.75) is 12.5 Å². The number of aliphatic hydroxyl groups is 2. The Morgan fingerprint density at radius 2 is 1.80 bits per heavy atom. The molecular weight excluding hydrogens is 196 g/mol. The summed E-state index contributed by atoms with van der Waals surface area (Å²) in [6, 6.07) is 8.75. The molecule has 0 aliphatic carbocycles. The fourth-order valence-corrected chi connectivity index (χ4v) is 1.56. The zero-order valence-corrected chi connectivity index (χ0v) is 8.10. The third-order valence-electron chi connectivity index (χ3n) is 2.49. The fourth-order valence-electron chi connectivity index (χ4n) is 1.56. The van der Waals surface area contributed by atoms with Crippen LogP contribution < -0.4 is 0 Å². The van der Waals surface area contributed by atoms with Gasteiger partial charge in [-0.2, -0.15) is 0 Å². The van der Waals surface area contributed by atoms with E-state index in [9.17, 15) is 15.0 Å². The molecule has 1 unspecified atom stereocenters. The summed E-state index contributed by atoms with van der Waals surface area (Å²) in [5, 5.41) is 18.8. The van der Waals surface area contributed by atoms with Gasteiger partial charge in [0.2, 0.25) is 5.76 Å². The second kappa shape index (κ2) is 3.02. The summed E-state index contributed by atoms with van der Waals surface area (Å²) in [5.74, 6) is -2.07. The average molecular weight is 206 g/mol. The molecule has 2 N–H and O–H groups in total. The molecule has 0 spiro atoms. The molecular formula is C11H10O4. The van der Waals surface area contributed by atoms with Gasteiger partial charge in [0.25, 0.3) is 0 Å². The van der Waals surface area contributed by atoms with Gasteiger partial charge in [0.1, 0.15) is 0 Å². The highest BCUT2D eigenvalue weighted by Gasteiger charge is 2.46. The van der Waals surface area contributed by atoms with Gasteiger partial charge in [-0.3, -0.25) is 0 Å². The maximum Gasteiger partial charge on any atom is 0.378 e. The number of carbonyl (C=O) groups is 1. The van der Waals surface area contributed by atoms with E-state index >= 15 is 0 Å². The minimum absolute atomic E-state index is 0.446. The molecule has 0 aromatic heterocycles. The lowest BCUT2D eigenvalue weighted by Gasteiger charge is -2.22. The predicted octanol–water partition coefficient (Wildman–Crippen LogP) is 1.79. The van der Waals surface area contributed by atoms with Crippen molar-refractivity contribution in [2.75, 3.05) is 0 Å². The molecule has 2 rings (SSSR count). The van der Waals surface area contributed by atoms with E-state index in [-0.39, 0.29) is 0 Å². The van der Waals surface area contributed by atoms with Gasteiger partial charge in [-0.25, -0.2) is 4.79 Å². The van der Waals surface area contributed by atoms with Crippen LogP contribution in [0.3, 0.4) is 0 Å². The molecule has 78 valence electrons. The molecule has 0 saturated carbocycles. The molecule has 1 aromatic rings. The van der Waals surface area contributed by atoms with Crippen LogP contribution in [-0.2, 0) is 15.1 Å². The third kappa shape index (κ3) is 1.26. The van der Waals surface area contributed by atoms with Crippen LogP contribution in [0.5, 0.6) is 0 Å². The Bertz CT molecular complexity index is 435. The van der Waals surface area contributed by atoms with E-state index < -0.39 is 23.1 Å². The first kappa shape index (κ1) is 9.58. The van der Waals surface area contributed by atoms with Crippen molar-refractivity contribution in [3.8, 4) is 0 Å². The SMILES string of the molecule is CC1(c2ccccc2)OC(=O)C(O)=C1O. The standard InChI is InChI=1S/C11H10O4/c1-11(7-5-3-2-4-6-7)9(13)8(12)10(14)15-11/h2-6,12-13H,1H3. The minimum Gasteiger partial charge on any atom is -0.505 e. The molecule has 4 nitrogen and oxygen atoms in total. The lowest BCUT2D eigenvalue weighted by atomic mass is 9.94. The van der Waals surface area contributed by atoms with Gasteiger partial charge < -0.3 is 14.9 Å². The minimum atomic E-state index is -1.28. The first-order valence-corrected chi connectivity index (χ1v) is 4.47. The van der Waals surface area contributed by atoms with E-state index in [1.165, 1.54) is 6.92 Å². The molecule has 0 bridgehead atoms. The normalized spacial score (nSPS) is 25.5. The highest BCUT2D eigenvalue weighted by molar-refractivity contribution is 5.90. The summed E-state index contributed by atoms with van der Waals surface area (Å²) in [5.41, 5.74) is -0.664. The molecule has 1 aromatic carbocycles. The quantitative estimate of drug-likeness (QED) is 0.687. The highest BCUT2D eigenvalue weighted by atomic mass is 16.6. The molecule has 1 heterocycles. The number of rotatable bonds is 1. The van der Waals surface area contributed by atoms with E-state index in [1.54, 1.807) is 24.3 Å². The Labute approximate surface area is 86.4 Å². The molecule has 15 heavy (non-hydrogen) atoms. The zero-order chi connectivity index (χ0) is 11.1.